The number of nitrogens with one attached hydrogen (secondary N) is 1. The number of hydrogen-bond acceptors (Lipinski definition) is 1. The van der Waals surface area contributed by atoms with Crippen LogP contribution < -0.4 is 5.32 Å². The first kappa shape index (κ1) is 10.1. The first-order valence-corrected chi connectivity index (χ1v) is 7.02. The van der Waals surface area contributed by atoms with Gasteiger partial charge in [-0.3, -0.25) is 0 Å². The summed E-state index contributed by atoms with van der Waals surface area (Å²) in [4.78, 5) is 0. The van der Waals surface area contributed by atoms with Crippen molar-refractivity contribution in [1.29, 1.82) is 0 Å². The van der Waals surface area contributed by atoms with E-state index < -0.39 is 0 Å². The average molecular weight is 207 g/mol. The van der Waals surface area contributed by atoms with E-state index in [0.29, 0.717) is 0 Å². The van der Waals surface area contributed by atoms with Gasteiger partial charge in [0, 0.05) is 0 Å². The van der Waals surface area contributed by atoms with E-state index in [1.807, 2.05) is 0 Å². The highest BCUT2D eigenvalue weighted by molar-refractivity contribution is 4.91. The molecule has 0 aromatic rings. The highest BCUT2D eigenvalue weighted by Gasteiger charge is 2.40. The van der Waals surface area contributed by atoms with Gasteiger partial charge in [-0.05, 0) is 74.8 Å². The highest BCUT2D eigenvalue weighted by Crippen LogP contribution is 2.50. The quantitative estimate of drug-likeness (QED) is 0.734. The average Bonchev–Trinajstić information content (AvgIpc) is 2.79. The van der Waals surface area contributed by atoms with Crippen LogP contribution >= 0.6 is 0 Å². The third kappa shape index (κ3) is 2.08. The van der Waals surface area contributed by atoms with Gasteiger partial charge < -0.3 is 5.32 Å². The molecule has 0 radical (unpaired) electrons. The van der Waals surface area contributed by atoms with E-state index in [0.717, 1.165) is 29.6 Å². The zero-order chi connectivity index (χ0) is 10.3. The molecular weight excluding hydrogens is 182 g/mol. The predicted octanol–water partition coefficient (Wildman–Crippen LogP) is 3.06. The lowest BCUT2D eigenvalue weighted by Crippen LogP contribution is -2.36. The van der Waals surface area contributed by atoms with E-state index in [2.05, 4.69) is 12.2 Å². The van der Waals surface area contributed by atoms with Crippen LogP contribution in [0, 0.1) is 29.6 Å². The van der Waals surface area contributed by atoms with E-state index in [1.54, 1.807) is 32.1 Å². The second kappa shape index (κ2) is 4.08. The Hall–Kier alpha value is -0.0400. The molecule has 86 valence electrons. The first-order valence-electron chi connectivity index (χ1n) is 7.02. The van der Waals surface area contributed by atoms with Crippen molar-refractivity contribution in [2.24, 2.45) is 29.6 Å². The molecule has 0 spiro atoms. The van der Waals surface area contributed by atoms with Crippen LogP contribution in [0.4, 0.5) is 0 Å². The second-order valence-corrected chi connectivity index (χ2v) is 6.54. The molecule has 1 heterocycles. The number of hydrogen-bond donors (Lipinski definition) is 1. The molecule has 2 aliphatic carbocycles. The maximum Gasteiger partial charge on any atom is -0.00202 e. The van der Waals surface area contributed by atoms with Crippen molar-refractivity contribution in [2.45, 2.75) is 45.4 Å². The Balaban J connectivity index is 1.52. The fraction of sp³-hybridized carbons (Fsp3) is 1.00. The molecule has 2 saturated carbocycles. The normalized spacial score (nSPS) is 49.8. The van der Waals surface area contributed by atoms with Crippen molar-refractivity contribution in [3.05, 3.63) is 0 Å². The van der Waals surface area contributed by atoms with Crippen molar-refractivity contribution < 1.29 is 0 Å². The van der Waals surface area contributed by atoms with Gasteiger partial charge in [-0.25, -0.2) is 0 Å². The van der Waals surface area contributed by atoms with Crippen molar-refractivity contribution in [2.75, 3.05) is 13.1 Å². The molecular formula is C14H25N. The summed E-state index contributed by atoms with van der Waals surface area (Å²) in [6.45, 7) is 4.96. The van der Waals surface area contributed by atoms with E-state index in [-0.39, 0.29) is 0 Å². The Morgan fingerprint density at radius 1 is 1.07 bits per heavy atom. The summed E-state index contributed by atoms with van der Waals surface area (Å²) in [6, 6.07) is 0. The van der Waals surface area contributed by atoms with Crippen LogP contribution in [-0.4, -0.2) is 13.1 Å². The van der Waals surface area contributed by atoms with Crippen LogP contribution in [0.2, 0.25) is 0 Å². The lowest BCUT2D eigenvalue weighted by atomic mass is 9.78. The fourth-order valence-corrected chi connectivity index (χ4v) is 4.54. The smallest absolute Gasteiger partial charge is 0.00202 e. The monoisotopic (exact) mass is 207 g/mol. The minimum Gasteiger partial charge on any atom is -0.316 e. The summed E-state index contributed by atoms with van der Waals surface area (Å²) in [7, 11) is 0. The molecule has 3 aliphatic rings. The maximum absolute atomic E-state index is 3.60. The SMILES string of the molecule is CC1CNCC(CC2CC3CCC2C3)C1. The first-order chi connectivity index (χ1) is 7.31. The predicted molar refractivity (Wildman–Crippen MR) is 63.7 cm³/mol. The van der Waals surface area contributed by atoms with Gasteiger partial charge in [0.2, 0.25) is 0 Å². The van der Waals surface area contributed by atoms with E-state index >= 15 is 0 Å². The third-order valence-corrected chi connectivity index (χ3v) is 5.18. The molecule has 3 fully saturated rings. The van der Waals surface area contributed by atoms with Crippen LogP contribution in [-0.2, 0) is 0 Å². The minimum absolute atomic E-state index is 0.919. The molecule has 1 saturated heterocycles. The van der Waals surface area contributed by atoms with Gasteiger partial charge in [0.15, 0.2) is 0 Å². The lowest BCUT2D eigenvalue weighted by molar-refractivity contribution is 0.214. The third-order valence-electron chi connectivity index (χ3n) is 5.18. The minimum atomic E-state index is 0.919. The topological polar surface area (TPSA) is 12.0 Å². The Labute approximate surface area is 94.0 Å². The van der Waals surface area contributed by atoms with Crippen molar-refractivity contribution in [1.82, 2.24) is 5.32 Å². The molecule has 1 nitrogen and oxygen atoms in total. The van der Waals surface area contributed by atoms with Crippen LogP contribution in [0.3, 0.4) is 0 Å². The van der Waals surface area contributed by atoms with Crippen LogP contribution in [0.5, 0.6) is 0 Å². The summed E-state index contributed by atoms with van der Waals surface area (Å²) in [6.07, 6.45) is 9.31. The van der Waals surface area contributed by atoms with Gasteiger partial charge >= 0.3 is 0 Å². The van der Waals surface area contributed by atoms with Gasteiger partial charge in [-0.15, -0.1) is 0 Å². The van der Waals surface area contributed by atoms with Crippen molar-refractivity contribution in [3.8, 4) is 0 Å². The van der Waals surface area contributed by atoms with Gasteiger partial charge in [-0.2, -0.15) is 0 Å². The van der Waals surface area contributed by atoms with Crippen LogP contribution in [0.1, 0.15) is 45.4 Å². The van der Waals surface area contributed by atoms with Gasteiger partial charge in [0.05, 0.1) is 0 Å². The Morgan fingerprint density at radius 2 is 2.00 bits per heavy atom. The molecule has 3 rings (SSSR count). The summed E-state index contributed by atoms with van der Waals surface area (Å²) >= 11 is 0. The van der Waals surface area contributed by atoms with Crippen molar-refractivity contribution >= 4 is 0 Å². The van der Waals surface area contributed by atoms with Gasteiger partial charge in [0.25, 0.3) is 0 Å². The molecule has 5 unspecified atom stereocenters. The van der Waals surface area contributed by atoms with E-state index in [1.165, 1.54) is 19.5 Å². The molecule has 0 aromatic heterocycles. The lowest BCUT2D eigenvalue weighted by Gasteiger charge is -2.32. The van der Waals surface area contributed by atoms with E-state index in [9.17, 15) is 0 Å². The number of fused-ring (bicyclic) bond motifs is 2. The van der Waals surface area contributed by atoms with Crippen LogP contribution in [0.25, 0.3) is 0 Å². The fourth-order valence-electron chi connectivity index (χ4n) is 4.54. The number of piperidine rings is 1. The zero-order valence-electron chi connectivity index (χ0n) is 10.0. The summed E-state index contributed by atoms with van der Waals surface area (Å²) < 4.78 is 0. The zero-order valence-corrected chi connectivity index (χ0v) is 10.0. The molecule has 1 N–H and O–H groups in total. The number of rotatable bonds is 2. The molecule has 0 amide bonds. The molecule has 15 heavy (non-hydrogen) atoms. The standard InChI is InChI=1S/C14H25N/c1-10-4-12(9-15-8-10)7-14-6-11-2-3-13(14)5-11/h10-15H,2-9H2,1H3. The molecule has 0 aromatic carbocycles. The summed E-state index contributed by atoms with van der Waals surface area (Å²) in [5.41, 5.74) is 0. The molecule has 1 aliphatic heterocycles. The highest BCUT2D eigenvalue weighted by atomic mass is 14.9. The van der Waals surface area contributed by atoms with Crippen molar-refractivity contribution in [3.63, 3.8) is 0 Å². The Kier molecular flexibility index (Phi) is 2.76. The largest absolute Gasteiger partial charge is 0.316 e. The second-order valence-electron chi connectivity index (χ2n) is 6.54. The Bertz CT molecular complexity index is 225. The summed E-state index contributed by atoms with van der Waals surface area (Å²) in [5.74, 6) is 5.29. The Morgan fingerprint density at radius 3 is 2.67 bits per heavy atom. The molecule has 1 heteroatoms. The van der Waals surface area contributed by atoms with E-state index in [4.69, 9.17) is 0 Å². The van der Waals surface area contributed by atoms with Gasteiger partial charge in [-0.1, -0.05) is 13.3 Å². The molecule has 5 atom stereocenters. The molecule has 2 bridgehead atoms. The summed E-state index contributed by atoms with van der Waals surface area (Å²) in [5, 5.41) is 3.60. The van der Waals surface area contributed by atoms with Crippen LogP contribution in [0.15, 0.2) is 0 Å². The van der Waals surface area contributed by atoms with Gasteiger partial charge in [0.1, 0.15) is 0 Å². The maximum atomic E-state index is 3.60.